The molecule has 0 radical (unpaired) electrons. The highest BCUT2D eigenvalue weighted by Gasteiger charge is 2.35. The Bertz CT molecular complexity index is 929. The summed E-state index contributed by atoms with van der Waals surface area (Å²) in [5.41, 5.74) is 2.07. The van der Waals surface area contributed by atoms with E-state index >= 15 is 0 Å². The molecule has 186 valence electrons. The number of hydrogen-bond donors (Lipinski definition) is 0. The lowest BCUT2D eigenvalue weighted by atomic mass is 9.86. The molecule has 6 nitrogen and oxygen atoms in total. The molecule has 1 unspecified atom stereocenters. The summed E-state index contributed by atoms with van der Waals surface area (Å²) < 4.78 is 4.11. The van der Waals surface area contributed by atoms with Gasteiger partial charge in [-0.05, 0) is 42.4 Å². The number of methoxy groups -OCH3 is 1. The predicted octanol–water partition coefficient (Wildman–Crippen LogP) is 5.99. The molecule has 0 saturated heterocycles. The van der Waals surface area contributed by atoms with Crippen molar-refractivity contribution in [1.29, 1.82) is 0 Å². The lowest BCUT2D eigenvalue weighted by Crippen LogP contribution is -2.38. The first kappa shape index (κ1) is 29.2. The molecule has 0 aliphatic carbocycles. The van der Waals surface area contributed by atoms with Gasteiger partial charge in [-0.3, -0.25) is 9.59 Å². The van der Waals surface area contributed by atoms with E-state index in [1.807, 2.05) is 28.6 Å². The van der Waals surface area contributed by atoms with Gasteiger partial charge in [0.05, 0.1) is 13.2 Å². The molecule has 1 aromatic carbocycles. The summed E-state index contributed by atoms with van der Waals surface area (Å²) in [5, 5.41) is 2.95. The van der Waals surface area contributed by atoms with Gasteiger partial charge in [-0.1, -0.05) is 58.9 Å². The van der Waals surface area contributed by atoms with Gasteiger partial charge in [0.15, 0.2) is 0 Å². The molecular formula is C27H38N2O4S. The number of esters is 1. The molecule has 0 N–H and O–H groups in total. The van der Waals surface area contributed by atoms with Crippen molar-refractivity contribution in [2.75, 3.05) is 7.11 Å². The first-order valence-corrected chi connectivity index (χ1v) is 12.3. The van der Waals surface area contributed by atoms with Crippen LogP contribution < -0.4 is 0 Å². The van der Waals surface area contributed by atoms with E-state index < -0.39 is 0 Å². The Labute approximate surface area is 208 Å². The molecule has 2 aromatic rings. The number of ether oxygens (including phenoxy) is 1. The molecular weight excluding hydrogens is 448 g/mol. The molecule has 2 atom stereocenters. The van der Waals surface area contributed by atoms with E-state index in [-0.39, 0.29) is 29.4 Å². The molecule has 3 rings (SSSR count). The fourth-order valence-corrected chi connectivity index (χ4v) is 4.14. The van der Waals surface area contributed by atoms with E-state index in [2.05, 4.69) is 68.6 Å². The molecule has 2 heterocycles. The van der Waals surface area contributed by atoms with Gasteiger partial charge in [0.2, 0.25) is 0 Å². The van der Waals surface area contributed by atoms with Crippen LogP contribution in [-0.2, 0) is 19.7 Å². The predicted molar refractivity (Wildman–Crippen MR) is 138 cm³/mol. The standard InChI is InChI=1S/C22H28N2OS.C3H6O2.C2H4O/c1-15(2)14-18-10-11-19(20-23-12-13-26-20)24(18)21(25)16-6-8-17(9-7-16)22(3,4)5;1-3(4)5-2;1-2-3/h6-13,15,18-19H,14H2,1-5H3;1-2H3;2H,1H3/t18?,19-;;/m1../s1. The largest absolute Gasteiger partial charge is 0.469 e. The van der Waals surface area contributed by atoms with Crippen LogP contribution in [0.25, 0.3) is 0 Å². The zero-order chi connectivity index (χ0) is 25.9. The maximum atomic E-state index is 13.4. The van der Waals surface area contributed by atoms with Gasteiger partial charge in [-0.15, -0.1) is 11.3 Å². The van der Waals surface area contributed by atoms with Crippen molar-refractivity contribution >= 4 is 29.5 Å². The molecule has 0 bridgehead atoms. The summed E-state index contributed by atoms with van der Waals surface area (Å²) in [7, 11) is 1.35. The van der Waals surface area contributed by atoms with Crippen LogP contribution in [0, 0.1) is 5.92 Å². The van der Waals surface area contributed by atoms with E-state index in [0.717, 1.165) is 23.3 Å². The maximum absolute atomic E-state index is 13.4. The highest BCUT2D eigenvalue weighted by atomic mass is 32.1. The molecule has 1 aromatic heterocycles. The average Bonchev–Trinajstić information content (AvgIpc) is 3.43. The number of rotatable bonds is 4. The number of nitrogens with zero attached hydrogens (tertiary/aromatic N) is 2. The van der Waals surface area contributed by atoms with Crippen molar-refractivity contribution in [2.24, 2.45) is 5.92 Å². The lowest BCUT2D eigenvalue weighted by molar-refractivity contribution is -0.137. The van der Waals surface area contributed by atoms with Gasteiger partial charge in [0, 0.05) is 24.1 Å². The van der Waals surface area contributed by atoms with Crippen molar-refractivity contribution in [2.45, 2.75) is 72.4 Å². The van der Waals surface area contributed by atoms with Crippen LogP contribution in [0.4, 0.5) is 0 Å². The van der Waals surface area contributed by atoms with Crippen LogP contribution in [0.2, 0.25) is 0 Å². The highest BCUT2D eigenvalue weighted by Crippen LogP contribution is 2.35. The van der Waals surface area contributed by atoms with Gasteiger partial charge in [0.1, 0.15) is 17.3 Å². The molecule has 34 heavy (non-hydrogen) atoms. The maximum Gasteiger partial charge on any atom is 0.302 e. The van der Waals surface area contributed by atoms with Crippen LogP contribution in [0.1, 0.15) is 81.9 Å². The fraction of sp³-hybridized carbons (Fsp3) is 0.481. The third-order valence-electron chi connectivity index (χ3n) is 5.11. The van der Waals surface area contributed by atoms with Crippen LogP contribution >= 0.6 is 11.3 Å². The number of carbonyl (C=O) groups excluding carboxylic acids is 3. The second-order valence-electron chi connectivity index (χ2n) is 9.37. The summed E-state index contributed by atoms with van der Waals surface area (Å²) in [6.07, 6.45) is 7.83. The molecule has 1 aliphatic heterocycles. The van der Waals surface area contributed by atoms with Gasteiger partial charge in [-0.25, -0.2) is 4.98 Å². The van der Waals surface area contributed by atoms with Crippen LogP contribution in [-0.4, -0.2) is 41.2 Å². The minimum Gasteiger partial charge on any atom is -0.469 e. The quantitative estimate of drug-likeness (QED) is 0.301. The van der Waals surface area contributed by atoms with Crippen molar-refractivity contribution in [1.82, 2.24) is 9.88 Å². The molecule has 1 amide bonds. The van der Waals surface area contributed by atoms with Crippen molar-refractivity contribution in [3.05, 3.63) is 64.1 Å². The Morgan fingerprint density at radius 3 is 2.15 bits per heavy atom. The van der Waals surface area contributed by atoms with Gasteiger partial charge >= 0.3 is 5.97 Å². The van der Waals surface area contributed by atoms with E-state index in [0.29, 0.717) is 5.92 Å². The summed E-state index contributed by atoms with van der Waals surface area (Å²) >= 11 is 1.61. The zero-order valence-corrected chi connectivity index (χ0v) is 22.4. The smallest absolute Gasteiger partial charge is 0.302 e. The zero-order valence-electron chi connectivity index (χ0n) is 21.6. The normalized spacial score (nSPS) is 16.8. The first-order valence-electron chi connectivity index (χ1n) is 11.4. The van der Waals surface area contributed by atoms with Gasteiger partial charge in [-0.2, -0.15) is 0 Å². The number of carbonyl (C=O) groups is 3. The summed E-state index contributed by atoms with van der Waals surface area (Å²) in [4.78, 5) is 38.2. The number of hydrogen-bond acceptors (Lipinski definition) is 6. The first-order chi connectivity index (χ1) is 16.0. The fourth-order valence-electron chi connectivity index (χ4n) is 3.42. The van der Waals surface area contributed by atoms with Gasteiger partial charge in [0.25, 0.3) is 5.91 Å². The molecule has 0 spiro atoms. The van der Waals surface area contributed by atoms with E-state index in [9.17, 15) is 9.59 Å². The molecule has 0 saturated carbocycles. The van der Waals surface area contributed by atoms with Gasteiger partial charge < -0.3 is 14.4 Å². The average molecular weight is 487 g/mol. The highest BCUT2D eigenvalue weighted by molar-refractivity contribution is 7.09. The topological polar surface area (TPSA) is 76.6 Å². The summed E-state index contributed by atoms with van der Waals surface area (Å²) in [5.74, 6) is 0.365. The number of thiazole rings is 1. The number of amides is 1. The Balaban J connectivity index is 0.000000629. The van der Waals surface area contributed by atoms with Crippen molar-refractivity contribution < 1.29 is 19.1 Å². The molecule has 0 fully saturated rings. The minimum absolute atomic E-state index is 0.0615. The molecule has 1 aliphatic rings. The van der Waals surface area contributed by atoms with Crippen LogP contribution in [0.3, 0.4) is 0 Å². The monoisotopic (exact) mass is 486 g/mol. The Hall–Kier alpha value is -2.80. The number of benzene rings is 1. The Kier molecular flexibility index (Phi) is 11.9. The Morgan fingerprint density at radius 1 is 1.18 bits per heavy atom. The van der Waals surface area contributed by atoms with Crippen molar-refractivity contribution in [3.8, 4) is 0 Å². The summed E-state index contributed by atoms with van der Waals surface area (Å²) in [6, 6.07) is 8.14. The van der Waals surface area contributed by atoms with E-state index in [4.69, 9.17) is 4.79 Å². The lowest BCUT2D eigenvalue weighted by Gasteiger charge is -2.31. The van der Waals surface area contributed by atoms with E-state index in [1.54, 1.807) is 11.3 Å². The second kappa shape index (κ2) is 13.8. The molecule has 7 heteroatoms. The Morgan fingerprint density at radius 2 is 1.74 bits per heavy atom. The van der Waals surface area contributed by atoms with Crippen LogP contribution in [0.5, 0.6) is 0 Å². The number of aldehydes is 1. The van der Waals surface area contributed by atoms with Crippen LogP contribution in [0.15, 0.2) is 48.0 Å². The third kappa shape index (κ3) is 8.86. The summed E-state index contributed by atoms with van der Waals surface area (Å²) in [6.45, 7) is 13.8. The third-order valence-corrected chi connectivity index (χ3v) is 5.96. The number of aromatic nitrogens is 1. The van der Waals surface area contributed by atoms with Crippen molar-refractivity contribution in [3.63, 3.8) is 0 Å². The minimum atomic E-state index is -0.245. The second-order valence-corrected chi connectivity index (χ2v) is 10.3. The SMILES string of the molecule is CC(C)CC1C=C[C@H](c2nccs2)N1C(=O)c1ccc(C(C)(C)C)cc1.CC=O.COC(C)=O. The van der Waals surface area contributed by atoms with E-state index in [1.165, 1.54) is 26.5 Å².